The summed E-state index contributed by atoms with van der Waals surface area (Å²) in [5, 5.41) is 7.76. The van der Waals surface area contributed by atoms with Crippen LogP contribution in [-0.2, 0) is 6.54 Å². The van der Waals surface area contributed by atoms with E-state index in [1.165, 1.54) is 0 Å². The Morgan fingerprint density at radius 1 is 1.59 bits per heavy atom. The number of rotatable bonds is 4. The summed E-state index contributed by atoms with van der Waals surface area (Å²) >= 11 is 4.50. The number of anilines is 2. The molecule has 2 heterocycles. The van der Waals surface area contributed by atoms with Crippen molar-refractivity contribution < 1.29 is 0 Å². The Labute approximate surface area is 110 Å². The number of hydrogen-bond acceptors (Lipinski definition) is 6. The van der Waals surface area contributed by atoms with Crippen molar-refractivity contribution in [2.75, 3.05) is 17.7 Å². The molecule has 0 atom stereocenters. The Morgan fingerprint density at radius 3 is 3.06 bits per heavy atom. The van der Waals surface area contributed by atoms with E-state index in [-0.39, 0.29) is 4.87 Å². The molecule has 90 valence electrons. The Kier molecular flexibility index (Phi) is 3.75. The summed E-state index contributed by atoms with van der Waals surface area (Å²) in [5.74, 6) is 1.21. The van der Waals surface area contributed by atoms with Gasteiger partial charge in [0.05, 0.1) is 11.0 Å². The van der Waals surface area contributed by atoms with Crippen molar-refractivity contribution in [3.8, 4) is 0 Å². The third-order valence-corrected chi connectivity index (χ3v) is 3.28. The first-order valence-corrected chi connectivity index (χ1v) is 6.47. The average molecular weight is 316 g/mol. The van der Waals surface area contributed by atoms with Gasteiger partial charge in [-0.1, -0.05) is 11.3 Å². The lowest BCUT2D eigenvalue weighted by Gasteiger charge is -2.07. The number of H-pyrrole nitrogens is 1. The van der Waals surface area contributed by atoms with Crippen LogP contribution >= 0.6 is 27.3 Å². The molecule has 2 aromatic rings. The van der Waals surface area contributed by atoms with Crippen LogP contribution in [0.15, 0.2) is 20.8 Å². The van der Waals surface area contributed by atoms with Crippen molar-refractivity contribution in [1.29, 1.82) is 0 Å². The van der Waals surface area contributed by atoms with Gasteiger partial charge in [0.1, 0.15) is 5.82 Å². The SMILES string of the molecule is CNc1ncc(Br)c(NCc2csc(=O)[nH]2)n1. The quantitative estimate of drug-likeness (QED) is 0.799. The predicted molar refractivity (Wildman–Crippen MR) is 71.5 cm³/mol. The van der Waals surface area contributed by atoms with Crippen molar-refractivity contribution in [3.63, 3.8) is 0 Å². The highest BCUT2D eigenvalue weighted by Gasteiger charge is 2.04. The second-order valence-electron chi connectivity index (χ2n) is 3.17. The van der Waals surface area contributed by atoms with Crippen molar-refractivity contribution in [1.82, 2.24) is 15.0 Å². The van der Waals surface area contributed by atoms with E-state index >= 15 is 0 Å². The molecular weight excluding hydrogens is 306 g/mol. The molecule has 0 radical (unpaired) electrons. The highest BCUT2D eigenvalue weighted by Crippen LogP contribution is 2.20. The monoisotopic (exact) mass is 315 g/mol. The van der Waals surface area contributed by atoms with Gasteiger partial charge in [-0.15, -0.1) is 0 Å². The maximum atomic E-state index is 11.0. The molecule has 0 spiro atoms. The molecule has 0 amide bonds. The Balaban J connectivity index is 2.10. The van der Waals surface area contributed by atoms with Gasteiger partial charge in [0.2, 0.25) is 5.95 Å². The number of halogens is 1. The molecule has 0 aliphatic carbocycles. The van der Waals surface area contributed by atoms with Gasteiger partial charge < -0.3 is 15.6 Å². The predicted octanol–water partition coefficient (Wildman–Crippen LogP) is 1.64. The van der Waals surface area contributed by atoms with E-state index in [2.05, 4.69) is 41.5 Å². The largest absolute Gasteiger partial charge is 0.363 e. The van der Waals surface area contributed by atoms with Gasteiger partial charge in [0.25, 0.3) is 0 Å². The molecule has 0 fully saturated rings. The van der Waals surface area contributed by atoms with Crippen LogP contribution in [0.2, 0.25) is 0 Å². The van der Waals surface area contributed by atoms with Gasteiger partial charge in [-0.2, -0.15) is 4.98 Å². The van der Waals surface area contributed by atoms with Gasteiger partial charge in [-0.3, -0.25) is 4.79 Å². The molecule has 0 unspecified atom stereocenters. The first-order valence-electron chi connectivity index (χ1n) is 4.80. The molecule has 0 aromatic carbocycles. The third kappa shape index (κ3) is 3.04. The van der Waals surface area contributed by atoms with E-state index in [1.54, 1.807) is 18.6 Å². The standard InChI is InChI=1S/C9H10BrN5OS/c1-11-8-13-3-6(10)7(15-8)12-2-5-4-17-9(16)14-5/h3-4H,2H2,1H3,(H,14,16)(H2,11,12,13,15). The normalized spacial score (nSPS) is 10.2. The molecular formula is C9H10BrN5OS. The van der Waals surface area contributed by atoms with Gasteiger partial charge in [-0.25, -0.2) is 4.98 Å². The summed E-state index contributed by atoms with van der Waals surface area (Å²) in [4.78, 5) is 21.9. The van der Waals surface area contributed by atoms with Gasteiger partial charge in [0.15, 0.2) is 0 Å². The minimum atomic E-state index is -0.0560. The van der Waals surface area contributed by atoms with E-state index < -0.39 is 0 Å². The Hall–Kier alpha value is -1.41. The van der Waals surface area contributed by atoms with Crippen LogP contribution in [0.5, 0.6) is 0 Å². The Morgan fingerprint density at radius 2 is 2.41 bits per heavy atom. The summed E-state index contributed by atoms with van der Waals surface area (Å²) in [5.41, 5.74) is 0.830. The summed E-state index contributed by atoms with van der Waals surface area (Å²) in [6, 6.07) is 0. The number of aromatic nitrogens is 3. The summed E-state index contributed by atoms with van der Waals surface area (Å²) in [6.45, 7) is 0.511. The molecule has 2 rings (SSSR count). The fourth-order valence-electron chi connectivity index (χ4n) is 1.19. The number of thiazole rings is 1. The van der Waals surface area contributed by atoms with Crippen molar-refractivity contribution in [2.24, 2.45) is 0 Å². The van der Waals surface area contributed by atoms with Crippen molar-refractivity contribution in [2.45, 2.75) is 6.54 Å². The van der Waals surface area contributed by atoms with E-state index in [9.17, 15) is 4.79 Å². The fraction of sp³-hybridized carbons (Fsp3) is 0.222. The minimum absolute atomic E-state index is 0.0560. The molecule has 8 heteroatoms. The maximum Gasteiger partial charge on any atom is 0.304 e. The fourth-order valence-corrected chi connectivity index (χ4v) is 2.10. The lowest BCUT2D eigenvalue weighted by Crippen LogP contribution is -2.06. The second kappa shape index (κ2) is 5.28. The van der Waals surface area contributed by atoms with Gasteiger partial charge >= 0.3 is 4.87 Å². The zero-order valence-corrected chi connectivity index (χ0v) is 11.4. The number of aromatic amines is 1. The highest BCUT2D eigenvalue weighted by atomic mass is 79.9. The van der Waals surface area contributed by atoms with Crippen LogP contribution in [-0.4, -0.2) is 22.0 Å². The molecule has 0 aliphatic heterocycles. The van der Waals surface area contributed by atoms with E-state index in [1.807, 2.05) is 0 Å². The lowest BCUT2D eigenvalue weighted by molar-refractivity contribution is 1.02. The number of hydrogen-bond donors (Lipinski definition) is 3. The molecule has 0 bridgehead atoms. The summed E-state index contributed by atoms with van der Waals surface area (Å²) < 4.78 is 0.772. The van der Waals surface area contributed by atoms with Crippen molar-refractivity contribution in [3.05, 3.63) is 31.4 Å². The maximum absolute atomic E-state index is 11.0. The van der Waals surface area contributed by atoms with Gasteiger partial charge in [-0.05, 0) is 15.9 Å². The second-order valence-corrected chi connectivity index (χ2v) is 4.86. The minimum Gasteiger partial charge on any atom is -0.363 e. The third-order valence-electron chi connectivity index (χ3n) is 1.98. The van der Waals surface area contributed by atoms with E-state index in [0.29, 0.717) is 18.3 Å². The van der Waals surface area contributed by atoms with Crippen LogP contribution in [0.4, 0.5) is 11.8 Å². The summed E-state index contributed by atoms with van der Waals surface area (Å²) in [7, 11) is 1.75. The van der Waals surface area contributed by atoms with Crippen LogP contribution in [0.1, 0.15) is 5.69 Å². The van der Waals surface area contributed by atoms with Gasteiger partial charge in [0, 0.05) is 24.3 Å². The average Bonchev–Trinajstić information content (AvgIpc) is 2.74. The zero-order valence-electron chi connectivity index (χ0n) is 8.95. The summed E-state index contributed by atoms with van der Waals surface area (Å²) in [6.07, 6.45) is 1.66. The Bertz CT molecular complexity index is 567. The lowest BCUT2D eigenvalue weighted by atomic mass is 10.4. The zero-order chi connectivity index (χ0) is 12.3. The molecule has 17 heavy (non-hydrogen) atoms. The molecule has 3 N–H and O–H groups in total. The van der Waals surface area contributed by atoms with Crippen molar-refractivity contribution >= 4 is 39.0 Å². The van der Waals surface area contributed by atoms with Crippen LogP contribution in [0.25, 0.3) is 0 Å². The molecule has 0 aliphatic rings. The van der Waals surface area contributed by atoms with Crippen LogP contribution in [0.3, 0.4) is 0 Å². The molecule has 2 aromatic heterocycles. The van der Waals surface area contributed by atoms with E-state index in [4.69, 9.17) is 0 Å². The number of nitrogens with one attached hydrogen (secondary N) is 3. The van der Waals surface area contributed by atoms with E-state index in [0.717, 1.165) is 21.5 Å². The highest BCUT2D eigenvalue weighted by molar-refractivity contribution is 9.10. The number of nitrogens with zero attached hydrogens (tertiary/aromatic N) is 2. The molecule has 0 saturated heterocycles. The van der Waals surface area contributed by atoms with Crippen LogP contribution in [0, 0.1) is 0 Å². The smallest absolute Gasteiger partial charge is 0.304 e. The first-order chi connectivity index (χ1) is 8.19. The molecule has 0 saturated carbocycles. The topological polar surface area (TPSA) is 82.7 Å². The molecule has 6 nitrogen and oxygen atoms in total. The van der Waals surface area contributed by atoms with Crippen LogP contribution < -0.4 is 15.5 Å². The first kappa shape index (κ1) is 12.1.